The number of carbonyl (C=O) groups excluding carboxylic acids is 4. The van der Waals surface area contributed by atoms with Crippen molar-refractivity contribution in [2.75, 3.05) is 6.54 Å². The van der Waals surface area contributed by atoms with E-state index >= 15 is 0 Å². The average Bonchev–Trinajstić information content (AvgIpc) is 3.98. The molecule has 17 heteroatoms. The molecule has 3 N–H and O–H groups in total. The van der Waals surface area contributed by atoms with Gasteiger partial charge in [0.2, 0.25) is 21.8 Å². The van der Waals surface area contributed by atoms with Crippen LogP contribution >= 0.6 is 11.3 Å². The third-order valence-electron chi connectivity index (χ3n) is 13.5. The van der Waals surface area contributed by atoms with Gasteiger partial charge in [0.1, 0.15) is 44.6 Å². The van der Waals surface area contributed by atoms with Crippen LogP contribution in [0.5, 0.6) is 6.01 Å². The molecule has 7 bridgehead atoms. The molecule has 3 aliphatic carbocycles. The summed E-state index contributed by atoms with van der Waals surface area (Å²) in [5.74, 6) is -2.24. The number of aromatic nitrogens is 3. The number of hydrogen-bond acceptors (Lipinski definition) is 11. The average molecular weight is 890 g/mol. The van der Waals surface area contributed by atoms with Gasteiger partial charge in [0.25, 0.3) is 11.9 Å². The molecule has 15 nitrogen and oxygen atoms in total. The third-order valence-corrected chi connectivity index (χ3v) is 17.1. The second kappa shape index (κ2) is 15.9. The van der Waals surface area contributed by atoms with Gasteiger partial charge in [0.15, 0.2) is 0 Å². The van der Waals surface area contributed by atoms with Crippen LogP contribution in [0.25, 0.3) is 21.6 Å². The molecule has 4 fully saturated rings. The number of rotatable bonds is 3. The molecule has 2 aromatic heterocycles. The Morgan fingerprint density at radius 1 is 1.03 bits per heavy atom. The van der Waals surface area contributed by atoms with Gasteiger partial charge in [0.05, 0.1) is 22.6 Å². The van der Waals surface area contributed by atoms with Gasteiger partial charge in [-0.15, -0.1) is 11.3 Å². The SMILES string of the molecule is CC(C)n1c2nc3c(cccc31)-c1nc(C3CCCCC3)c(s1)C1(CC1)S(=O)(=O)NC(=O)[C@@]13C[C@H]1/C=C\CCCCC[C@H](NC(=O)OC(C)(C)C)C(=O)N1C[C@@H](C[C@H]1C(=O)N3)O2. The van der Waals surface area contributed by atoms with Crippen LogP contribution in [0.1, 0.15) is 147 Å². The number of hydrogen-bond donors (Lipinski definition) is 3. The molecule has 0 radical (unpaired) electrons. The van der Waals surface area contributed by atoms with Crippen molar-refractivity contribution in [3.05, 3.63) is 40.9 Å². The predicted octanol–water partition coefficient (Wildman–Crippen LogP) is 6.87. The van der Waals surface area contributed by atoms with Gasteiger partial charge in [-0.1, -0.05) is 50.3 Å². The van der Waals surface area contributed by atoms with Crippen LogP contribution in [-0.2, 0) is 33.9 Å². The summed E-state index contributed by atoms with van der Waals surface area (Å²) in [5, 5.41) is 6.45. The first-order valence-electron chi connectivity index (χ1n) is 22.5. The minimum absolute atomic E-state index is 0.00239. The summed E-state index contributed by atoms with van der Waals surface area (Å²) in [4.78, 5) is 69.9. The van der Waals surface area contributed by atoms with Crippen molar-refractivity contribution in [1.29, 1.82) is 0 Å². The van der Waals surface area contributed by atoms with Crippen molar-refractivity contribution in [3.8, 4) is 16.6 Å². The fourth-order valence-corrected chi connectivity index (χ4v) is 13.5. The lowest BCUT2D eigenvalue weighted by atomic mass is 9.86. The Bertz CT molecular complexity index is 2430. The molecule has 9 rings (SSSR count). The van der Waals surface area contributed by atoms with Crippen LogP contribution in [0.4, 0.5) is 4.79 Å². The summed E-state index contributed by atoms with van der Waals surface area (Å²) in [6, 6.07) is 3.98. The fourth-order valence-electron chi connectivity index (χ4n) is 10.1. The number of amides is 4. The zero-order valence-corrected chi connectivity index (χ0v) is 38.0. The number of ether oxygens (including phenoxy) is 2. The summed E-state index contributed by atoms with van der Waals surface area (Å²) in [6.45, 7) is 9.30. The van der Waals surface area contributed by atoms with E-state index in [1.165, 1.54) is 16.2 Å². The number of alkyl carbamates (subject to hydrolysis) is 1. The summed E-state index contributed by atoms with van der Waals surface area (Å²) in [6.07, 6.45) is 11.6. The number of para-hydroxylation sites is 1. The van der Waals surface area contributed by atoms with Crippen LogP contribution < -0.4 is 20.1 Å². The van der Waals surface area contributed by atoms with Crippen LogP contribution in [-0.4, -0.2) is 87.5 Å². The number of sulfonamides is 1. The van der Waals surface area contributed by atoms with Crippen LogP contribution in [0, 0.1) is 5.92 Å². The Hall–Kier alpha value is -4.51. The van der Waals surface area contributed by atoms with E-state index in [4.69, 9.17) is 19.4 Å². The first kappa shape index (κ1) is 42.8. The van der Waals surface area contributed by atoms with Gasteiger partial charge in [-0.25, -0.2) is 18.2 Å². The zero-order valence-electron chi connectivity index (χ0n) is 36.3. The molecule has 1 saturated heterocycles. The highest BCUT2D eigenvalue weighted by atomic mass is 32.2. The maximum atomic E-state index is 14.9. The third kappa shape index (κ3) is 7.78. The Labute approximate surface area is 367 Å². The number of benzene rings is 1. The fraction of sp³-hybridized carbons (Fsp3) is 0.644. The second-order valence-electron chi connectivity index (χ2n) is 19.5. The molecule has 3 aromatic rings. The molecule has 3 saturated carbocycles. The van der Waals surface area contributed by atoms with Gasteiger partial charge in [-0.2, -0.15) is 4.98 Å². The Morgan fingerprint density at radius 2 is 1.77 bits per heavy atom. The van der Waals surface area contributed by atoms with E-state index in [2.05, 4.69) is 15.4 Å². The summed E-state index contributed by atoms with van der Waals surface area (Å²) in [5.41, 5.74) is 0.629. The number of fused-ring (bicyclic) bond motifs is 7. The lowest BCUT2D eigenvalue weighted by Crippen LogP contribution is -2.58. The van der Waals surface area contributed by atoms with Crippen LogP contribution in [0.3, 0.4) is 0 Å². The molecule has 5 heterocycles. The maximum Gasteiger partial charge on any atom is 0.408 e. The molecule has 3 aliphatic heterocycles. The molecular formula is C45H59N7O8S2. The molecule has 6 aliphatic rings. The van der Waals surface area contributed by atoms with Gasteiger partial charge in [-0.3, -0.25) is 23.7 Å². The maximum absolute atomic E-state index is 14.9. The second-order valence-corrected chi connectivity index (χ2v) is 22.5. The highest BCUT2D eigenvalue weighted by Gasteiger charge is 2.65. The van der Waals surface area contributed by atoms with E-state index in [-0.39, 0.29) is 31.3 Å². The minimum atomic E-state index is -4.34. The highest BCUT2D eigenvalue weighted by Crippen LogP contribution is 2.58. The molecule has 4 amide bonds. The summed E-state index contributed by atoms with van der Waals surface area (Å²) >= 11 is 1.38. The first-order valence-corrected chi connectivity index (χ1v) is 24.8. The predicted molar refractivity (Wildman–Crippen MR) is 234 cm³/mol. The molecule has 0 unspecified atom stereocenters. The van der Waals surface area contributed by atoms with Crippen molar-refractivity contribution < 1.29 is 37.1 Å². The summed E-state index contributed by atoms with van der Waals surface area (Å²) < 4.78 is 45.2. The van der Waals surface area contributed by atoms with Crippen molar-refractivity contribution >= 4 is 56.2 Å². The highest BCUT2D eigenvalue weighted by molar-refractivity contribution is 7.91. The number of imidazole rings is 1. The van der Waals surface area contributed by atoms with Gasteiger partial charge in [0, 0.05) is 29.9 Å². The molecular weight excluding hydrogens is 831 g/mol. The lowest BCUT2D eigenvalue weighted by molar-refractivity contribution is -0.141. The van der Waals surface area contributed by atoms with Gasteiger partial charge < -0.3 is 25.0 Å². The van der Waals surface area contributed by atoms with Crippen molar-refractivity contribution in [1.82, 2.24) is 34.8 Å². The van der Waals surface area contributed by atoms with Crippen LogP contribution in [0.2, 0.25) is 0 Å². The Morgan fingerprint density at radius 3 is 2.50 bits per heavy atom. The molecule has 2 spiro atoms. The van der Waals surface area contributed by atoms with Gasteiger partial charge in [-0.05, 0) is 98.1 Å². The first-order chi connectivity index (χ1) is 29.5. The van der Waals surface area contributed by atoms with Crippen molar-refractivity contribution in [2.45, 2.75) is 171 Å². The number of allylic oxidation sites excluding steroid dienone is 1. The van der Waals surface area contributed by atoms with E-state index in [1.54, 1.807) is 20.8 Å². The van der Waals surface area contributed by atoms with E-state index in [0.717, 1.165) is 61.7 Å². The molecule has 334 valence electrons. The Balaban J connectivity index is 1.18. The van der Waals surface area contributed by atoms with E-state index in [9.17, 15) is 27.6 Å². The summed E-state index contributed by atoms with van der Waals surface area (Å²) in [7, 11) is -4.34. The standard InChI is InChI=1S/C45H59N7O8S2/c1-26(2)52-32-20-14-18-30-35(32)48-41(52)59-29-23-33-37(53)49-45(40(55)50-62(57,58)44(21-22-44)36-34(47-38(30)61-36)27-15-10-9-11-16-27)24-28(45)17-12-7-6-8-13-19-31(39(54)51(33)25-29)46-42(56)60-43(3,4)5/h12,14,17-18,20,26-29,31,33H,6-11,13,15-16,19,21-25H2,1-5H3,(H,46,56)(H,49,53)(H,50,55)/b17-12-/t28-,29-,31+,33+,45-/m1/s1. The molecule has 5 atom stereocenters. The van der Waals surface area contributed by atoms with Crippen LogP contribution in [0.15, 0.2) is 30.4 Å². The minimum Gasteiger partial charge on any atom is -0.459 e. The molecule has 62 heavy (non-hydrogen) atoms. The van der Waals surface area contributed by atoms with Crippen molar-refractivity contribution in [2.24, 2.45) is 5.92 Å². The number of nitrogens with zero attached hydrogens (tertiary/aromatic N) is 4. The number of carbonyl (C=O) groups is 4. The number of nitrogens with one attached hydrogen (secondary N) is 3. The van der Waals surface area contributed by atoms with E-state index in [0.29, 0.717) is 53.5 Å². The molecule has 1 aromatic carbocycles. The number of thiazole rings is 1. The lowest BCUT2D eigenvalue weighted by Gasteiger charge is -2.30. The smallest absolute Gasteiger partial charge is 0.408 e. The topological polar surface area (TPSA) is 191 Å². The van der Waals surface area contributed by atoms with Gasteiger partial charge >= 0.3 is 6.09 Å². The quantitative estimate of drug-likeness (QED) is 0.234. The zero-order chi connectivity index (χ0) is 43.8. The van der Waals surface area contributed by atoms with Crippen molar-refractivity contribution in [3.63, 3.8) is 0 Å². The van der Waals surface area contributed by atoms with E-state index in [1.807, 2.05) is 48.8 Å². The van der Waals surface area contributed by atoms with E-state index < -0.39 is 73.8 Å². The monoisotopic (exact) mass is 889 g/mol. The normalized spacial score (nSPS) is 29.3. The Kier molecular flexibility index (Phi) is 11.0. The largest absolute Gasteiger partial charge is 0.459 e.